The van der Waals surface area contributed by atoms with Gasteiger partial charge in [-0.15, -0.1) is 0 Å². The molecule has 0 aliphatic carbocycles. The number of ketones is 1. The molecule has 1 rings (SSSR count). The molecule has 4 heteroatoms. The fourth-order valence-corrected chi connectivity index (χ4v) is 2.44. The highest BCUT2D eigenvalue weighted by Crippen LogP contribution is 2.18. The predicted octanol–water partition coefficient (Wildman–Crippen LogP) is 1.53. The molecule has 0 spiro atoms. The van der Waals surface area contributed by atoms with Gasteiger partial charge in [-0.1, -0.05) is 12.1 Å². The number of carbonyl (C=O) groups is 1. The fraction of sp³-hybridized carbons (Fsp3) is 0.364. The molecular weight excluding hydrogens is 212 g/mol. The lowest BCUT2D eigenvalue weighted by molar-refractivity contribution is -0.116. The first-order valence-corrected chi connectivity index (χ1v) is 6.49. The van der Waals surface area contributed by atoms with Crippen molar-refractivity contribution in [1.82, 2.24) is 0 Å². The second-order valence-electron chi connectivity index (χ2n) is 3.76. The molecule has 1 aromatic rings. The Balaban J connectivity index is 3.33. The van der Waals surface area contributed by atoms with E-state index in [1.165, 1.54) is 6.92 Å². The van der Waals surface area contributed by atoms with Gasteiger partial charge in [0.05, 0.1) is 4.90 Å². The number of benzene rings is 1. The van der Waals surface area contributed by atoms with Gasteiger partial charge in [0, 0.05) is 12.7 Å². The van der Waals surface area contributed by atoms with Crippen molar-refractivity contribution in [1.29, 1.82) is 0 Å². The van der Waals surface area contributed by atoms with Crippen LogP contribution in [0.25, 0.3) is 0 Å². The molecule has 15 heavy (non-hydrogen) atoms. The van der Waals surface area contributed by atoms with Crippen molar-refractivity contribution in [2.24, 2.45) is 0 Å². The second-order valence-corrected chi connectivity index (χ2v) is 5.75. The number of hydrogen-bond donors (Lipinski definition) is 0. The molecule has 3 nitrogen and oxygen atoms in total. The number of Topliss-reactive ketones (excluding diaryl/α,β-unsaturated/α-hetero) is 1. The van der Waals surface area contributed by atoms with E-state index < -0.39 is 9.84 Å². The zero-order chi connectivity index (χ0) is 11.6. The largest absolute Gasteiger partial charge is 0.300 e. The van der Waals surface area contributed by atoms with Gasteiger partial charge in [-0.3, -0.25) is 4.79 Å². The minimum atomic E-state index is -3.25. The smallest absolute Gasteiger partial charge is 0.175 e. The minimum absolute atomic E-state index is 0.0382. The molecule has 0 saturated heterocycles. The molecule has 0 N–H and O–H groups in total. The number of rotatable bonds is 3. The number of aryl methyl sites for hydroxylation is 1. The van der Waals surface area contributed by atoms with Crippen LogP contribution in [0.2, 0.25) is 0 Å². The minimum Gasteiger partial charge on any atom is -0.300 e. The number of sulfone groups is 1. The third-order valence-corrected chi connectivity index (χ3v) is 3.24. The lowest BCUT2D eigenvalue weighted by atomic mass is 10.1. The molecule has 0 fully saturated rings. The standard InChI is InChI=1S/C11H14O3S/c1-8-4-5-10(7-9(2)12)11(6-8)15(3,13)14/h4-6H,7H2,1-3H3. The Morgan fingerprint density at radius 2 is 1.93 bits per heavy atom. The Morgan fingerprint density at radius 3 is 2.40 bits per heavy atom. The molecule has 82 valence electrons. The van der Waals surface area contributed by atoms with Crippen molar-refractivity contribution in [2.45, 2.75) is 25.2 Å². The molecule has 0 amide bonds. The highest BCUT2D eigenvalue weighted by Gasteiger charge is 2.14. The summed E-state index contributed by atoms with van der Waals surface area (Å²) >= 11 is 0. The molecule has 0 unspecified atom stereocenters. The normalized spacial score (nSPS) is 11.4. The molecule has 1 aromatic carbocycles. The van der Waals surface area contributed by atoms with Crippen molar-refractivity contribution < 1.29 is 13.2 Å². The van der Waals surface area contributed by atoms with Gasteiger partial charge < -0.3 is 0 Å². The van der Waals surface area contributed by atoms with E-state index in [1.54, 1.807) is 12.1 Å². The third kappa shape index (κ3) is 3.16. The summed E-state index contributed by atoms with van der Waals surface area (Å²) in [6.07, 6.45) is 1.33. The van der Waals surface area contributed by atoms with Crippen LogP contribution >= 0.6 is 0 Å². The molecule has 0 heterocycles. The summed E-state index contributed by atoms with van der Waals surface area (Å²) in [5.41, 5.74) is 1.46. The van der Waals surface area contributed by atoms with Crippen molar-refractivity contribution in [3.63, 3.8) is 0 Å². The van der Waals surface area contributed by atoms with Crippen LogP contribution in [0.3, 0.4) is 0 Å². The summed E-state index contributed by atoms with van der Waals surface area (Å²) in [4.78, 5) is 11.2. The van der Waals surface area contributed by atoms with Crippen LogP contribution in [0.4, 0.5) is 0 Å². The van der Waals surface area contributed by atoms with E-state index in [9.17, 15) is 13.2 Å². The topological polar surface area (TPSA) is 51.2 Å². The van der Waals surface area contributed by atoms with Crippen molar-refractivity contribution in [3.8, 4) is 0 Å². The van der Waals surface area contributed by atoms with E-state index in [4.69, 9.17) is 0 Å². The van der Waals surface area contributed by atoms with Crippen LogP contribution in [0.1, 0.15) is 18.1 Å². The maximum absolute atomic E-state index is 11.5. The summed E-state index contributed by atoms with van der Waals surface area (Å²) in [5.74, 6) is -0.0382. The van der Waals surface area contributed by atoms with E-state index in [1.807, 2.05) is 13.0 Å². The van der Waals surface area contributed by atoms with Gasteiger partial charge in [0.25, 0.3) is 0 Å². The lowest BCUT2D eigenvalue weighted by Gasteiger charge is -2.07. The van der Waals surface area contributed by atoms with Gasteiger partial charge in [-0.05, 0) is 31.0 Å². The third-order valence-electron chi connectivity index (χ3n) is 2.06. The van der Waals surface area contributed by atoms with E-state index in [0.717, 1.165) is 11.8 Å². The first kappa shape index (κ1) is 11.9. The fourth-order valence-electron chi connectivity index (χ4n) is 1.42. The summed E-state index contributed by atoms with van der Waals surface area (Å²) in [6.45, 7) is 3.28. The molecule has 0 aliphatic rings. The van der Waals surface area contributed by atoms with Crippen molar-refractivity contribution in [2.75, 3.05) is 6.26 Å². The summed E-state index contributed by atoms with van der Waals surface area (Å²) < 4.78 is 23.0. The Labute approximate surface area is 90.0 Å². The average Bonchev–Trinajstić information content (AvgIpc) is 2.05. The van der Waals surface area contributed by atoms with Crippen LogP contribution in [0.15, 0.2) is 23.1 Å². The first-order valence-electron chi connectivity index (χ1n) is 4.59. The maximum atomic E-state index is 11.5. The molecular formula is C11H14O3S. The second kappa shape index (κ2) is 4.14. The summed E-state index contributed by atoms with van der Waals surface area (Å²) in [7, 11) is -3.25. The summed E-state index contributed by atoms with van der Waals surface area (Å²) in [5, 5.41) is 0. The van der Waals surface area contributed by atoms with Gasteiger partial charge in [-0.2, -0.15) is 0 Å². The van der Waals surface area contributed by atoms with Gasteiger partial charge in [0.1, 0.15) is 5.78 Å². The molecule has 0 radical (unpaired) electrons. The highest BCUT2D eigenvalue weighted by atomic mass is 32.2. The van der Waals surface area contributed by atoms with Crippen LogP contribution in [0, 0.1) is 6.92 Å². The van der Waals surface area contributed by atoms with Gasteiger partial charge >= 0.3 is 0 Å². The predicted molar refractivity (Wildman–Crippen MR) is 58.7 cm³/mol. The van der Waals surface area contributed by atoms with Gasteiger partial charge in [0.15, 0.2) is 9.84 Å². The Bertz CT molecular complexity index is 487. The van der Waals surface area contributed by atoms with E-state index in [-0.39, 0.29) is 17.1 Å². The molecule has 0 saturated carbocycles. The Hall–Kier alpha value is -1.16. The van der Waals surface area contributed by atoms with E-state index in [2.05, 4.69) is 0 Å². The van der Waals surface area contributed by atoms with Crippen molar-refractivity contribution in [3.05, 3.63) is 29.3 Å². The Morgan fingerprint density at radius 1 is 1.33 bits per heavy atom. The van der Waals surface area contributed by atoms with Gasteiger partial charge in [-0.25, -0.2) is 8.42 Å². The highest BCUT2D eigenvalue weighted by molar-refractivity contribution is 7.90. The number of carbonyl (C=O) groups excluding carboxylic acids is 1. The van der Waals surface area contributed by atoms with Crippen LogP contribution < -0.4 is 0 Å². The number of hydrogen-bond acceptors (Lipinski definition) is 3. The first-order chi connectivity index (χ1) is 6.80. The molecule has 0 bridgehead atoms. The monoisotopic (exact) mass is 226 g/mol. The van der Waals surface area contributed by atoms with Crippen LogP contribution in [-0.4, -0.2) is 20.5 Å². The van der Waals surface area contributed by atoms with E-state index in [0.29, 0.717) is 5.56 Å². The SMILES string of the molecule is CC(=O)Cc1ccc(C)cc1S(C)(=O)=O. The zero-order valence-electron chi connectivity index (χ0n) is 9.07. The zero-order valence-corrected chi connectivity index (χ0v) is 9.89. The van der Waals surface area contributed by atoms with E-state index >= 15 is 0 Å². The van der Waals surface area contributed by atoms with Crippen LogP contribution in [0.5, 0.6) is 0 Å². The Kier molecular flexibility index (Phi) is 3.29. The van der Waals surface area contributed by atoms with Crippen molar-refractivity contribution >= 4 is 15.6 Å². The molecule has 0 aromatic heterocycles. The van der Waals surface area contributed by atoms with Gasteiger partial charge in [0.2, 0.25) is 0 Å². The molecule has 0 atom stereocenters. The summed E-state index contributed by atoms with van der Waals surface area (Å²) in [6, 6.07) is 5.12. The average molecular weight is 226 g/mol. The van der Waals surface area contributed by atoms with Crippen LogP contribution in [-0.2, 0) is 21.1 Å². The quantitative estimate of drug-likeness (QED) is 0.785. The molecule has 0 aliphatic heterocycles. The lowest BCUT2D eigenvalue weighted by Crippen LogP contribution is -2.06. The maximum Gasteiger partial charge on any atom is 0.175 e.